The Labute approximate surface area is 125 Å². The van der Waals surface area contributed by atoms with E-state index in [1.807, 2.05) is 0 Å². The number of allylic oxidation sites excluding steroid dienone is 2. The van der Waals surface area contributed by atoms with Gasteiger partial charge in [0.1, 0.15) is 0 Å². The van der Waals surface area contributed by atoms with E-state index in [1.54, 1.807) is 16.4 Å². The first-order valence-electron chi connectivity index (χ1n) is 8.11. The van der Waals surface area contributed by atoms with Crippen molar-refractivity contribution in [3.8, 4) is 0 Å². The summed E-state index contributed by atoms with van der Waals surface area (Å²) in [5.74, 6) is 0. The number of nitrogens with zero attached hydrogens (tertiary/aromatic N) is 5. The first-order valence-corrected chi connectivity index (χ1v) is 8.11. The Morgan fingerprint density at radius 3 is 1.77 bits per heavy atom. The van der Waals surface area contributed by atoms with Crippen LogP contribution >= 0.6 is 0 Å². The molecule has 5 heterocycles. The molecular formula is C15H17N5O2. The van der Waals surface area contributed by atoms with E-state index in [0.29, 0.717) is 0 Å². The van der Waals surface area contributed by atoms with Crippen molar-refractivity contribution in [3.63, 3.8) is 0 Å². The van der Waals surface area contributed by atoms with E-state index in [4.69, 9.17) is 0 Å². The molecule has 0 aromatic carbocycles. The van der Waals surface area contributed by atoms with Gasteiger partial charge in [0.15, 0.2) is 0 Å². The maximum absolute atomic E-state index is 12.6. The smallest absolute Gasteiger partial charge is 0.246 e. The van der Waals surface area contributed by atoms with Gasteiger partial charge in [0.05, 0.1) is 24.2 Å². The second-order valence-corrected chi connectivity index (χ2v) is 7.51. The predicted molar refractivity (Wildman–Crippen MR) is 76.9 cm³/mol. The van der Waals surface area contributed by atoms with Crippen molar-refractivity contribution < 1.29 is 0 Å². The molecule has 1 aromatic rings. The molecule has 7 aliphatic rings. The fourth-order valence-corrected chi connectivity index (χ4v) is 6.44. The quantitative estimate of drug-likeness (QED) is 0.664. The molecule has 22 heavy (non-hydrogen) atoms. The maximum Gasteiger partial charge on any atom is 0.347 e. The molecule has 1 aromatic heterocycles. The van der Waals surface area contributed by atoms with Crippen LogP contribution in [0.3, 0.4) is 0 Å². The van der Waals surface area contributed by atoms with Crippen LogP contribution in [0.15, 0.2) is 32.0 Å². The predicted octanol–water partition coefficient (Wildman–Crippen LogP) is 0.777. The van der Waals surface area contributed by atoms with Crippen molar-refractivity contribution in [1.29, 1.82) is 0 Å². The van der Waals surface area contributed by atoms with Crippen molar-refractivity contribution in [2.45, 2.75) is 49.9 Å². The zero-order chi connectivity index (χ0) is 14.9. The number of azo groups is 1. The average Bonchev–Trinajstić information content (AvgIpc) is 2.75. The second-order valence-electron chi connectivity index (χ2n) is 7.51. The van der Waals surface area contributed by atoms with Crippen LogP contribution in [0.1, 0.15) is 37.8 Å². The minimum atomic E-state index is -0.197. The van der Waals surface area contributed by atoms with Gasteiger partial charge in [0, 0.05) is 17.9 Å². The summed E-state index contributed by atoms with van der Waals surface area (Å²) in [7, 11) is 1.58. The van der Waals surface area contributed by atoms with Crippen LogP contribution in [0.4, 0.5) is 0 Å². The van der Waals surface area contributed by atoms with E-state index in [9.17, 15) is 9.59 Å². The van der Waals surface area contributed by atoms with Gasteiger partial charge in [-0.05, 0) is 25.7 Å². The summed E-state index contributed by atoms with van der Waals surface area (Å²) in [4.78, 5) is 25.2. The standard InChI is InChI=1S/C15H17N5O2/c1-18-12(21)19-10-4-5-11(20(19)13(18)22)15-7-6-14(10,15)8-2-3-9(15)17-16-8/h4-5,8-11H,2-3,6-7H2,1H3/t8-,9?,10?,11+,14+,15?/m0/s1. The van der Waals surface area contributed by atoms with Crippen LogP contribution in [0.2, 0.25) is 0 Å². The van der Waals surface area contributed by atoms with Crippen LogP contribution in [-0.2, 0) is 7.05 Å². The van der Waals surface area contributed by atoms with Gasteiger partial charge in [-0.1, -0.05) is 12.2 Å². The normalized spacial score (nSPS) is 48.8. The molecule has 0 radical (unpaired) electrons. The Morgan fingerprint density at radius 1 is 0.955 bits per heavy atom. The lowest BCUT2D eigenvalue weighted by molar-refractivity contribution is -0.234. The molecule has 7 nitrogen and oxygen atoms in total. The number of hydrogen-bond donors (Lipinski definition) is 0. The first-order chi connectivity index (χ1) is 10.6. The fraction of sp³-hybridized carbons (Fsp3) is 0.733. The van der Waals surface area contributed by atoms with Crippen molar-refractivity contribution in [2.24, 2.45) is 28.1 Å². The number of rotatable bonds is 0. The summed E-state index contributed by atoms with van der Waals surface area (Å²) in [6.45, 7) is 0. The van der Waals surface area contributed by atoms with Gasteiger partial charge < -0.3 is 0 Å². The Hall–Kier alpha value is -1.92. The van der Waals surface area contributed by atoms with Crippen LogP contribution < -0.4 is 11.4 Å². The Bertz CT molecular complexity index is 835. The molecule has 3 unspecified atom stereocenters. The maximum atomic E-state index is 12.6. The molecule has 0 N–H and O–H groups in total. The molecule has 3 aliphatic carbocycles. The van der Waals surface area contributed by atoms with E-state index in [-0.39, 0.29) is 46.4 Å². The van der Waals surface area contributed by atoms with E-state index >= 15 is 0 Å². The fourth-order valence-electron chi connectivity index (χ4n) is 6.44. The molecule has 8 rings (SSSR count). The minimum absolute atomic E-state index is 0.00863. The number of fused-ring (bicyclic) bond motifs is 1. The lowest BCUT2D eigenvalue weighted by atomic mass is 9.34. The lowest BCUT2D eigenvalue weighted by Crippen LogP contribution is -2.76. The van der Waals surface area contributed by atoms with Gasteiger partial charge in [-0.3, -0.25) is 0 Å². The monoisotopic (exact) mass is 299 g/mol. The third-order valence-electron chi connectivity index (χ3n) is 7.32. The Balaban J connectivity index is 1.76. The van der Waals surface area contributed by atoms with Crippen molar-refractivity contribution in [3.05, 3.63) is 33.1 Å². The molecule has 4 bridgehead atoms. The van der Waals surface area contributed by atoms with E-state index in [2.05, 4.69) is 22.4 Å². The molecule has 2 fully saturated rings. The molecule has 0 spiro atoms. The van der Waals surface area contributed by atoms with Crippen molar-refractivity contribution in [1.82, 2.24) is 13.9 Å². The highest BCUT2D eigenvalue weighted by atomic mass is 16.2. The molecule has 4 aliphatic heterocycles. The summed E-state index contributed by atoms with van der Waals surface area (Å²) in [5, 5.41) is 9.16. The number of aromatic nitrogens is 3. The molecule has 0 amide bonds. The van der Waals surface area contributed by atoms with Gasteiger partial charge in [-0.15, -0.1) is 0 Å². The average molecular weight is 299 g/mol. The zero-order valence-electron chi connectivity index (χ0n) is 12.3. The van der Waals surface area contributed by atoms with Gasteiger partial charge in [0.2, 0.25) is 0 Å². The summed E-state index contributed by atoms with van der Waals surface area (Å²) >= 11 is 0. The van der Waals surface area contributed by atoms with Crippen LogP contribution in [0.5, 0.6) is 0 Å². The van der Waals surface area contributed by atoms with Gasteiger partial charge in [-0.2, -0.15) is 10.2 Å². The molecule has 7 heteroatoms. The van der Waals surface area contributed by atoms with Crippen LogP contribution in [0.25, 0.3) is 0 Å². The van der Waals surface area contributed by atoms with Crippen LogP contribution in [-0.4, -0.2) is 26.0 Å². The van der Waals surface area contributed by atoms with E-state index in [1.165, 1.54) is 4.57 Å². The Morgan fingerprint density at radius 2 is 1.41 bits per heavy atom. The summed E-state index contributed by atoms with van der Waals surface area (Å²) in [5.41, 5.74) is -0.376. The third-order valence-corrected chi connectivity index (χ3v) is 7.32. The summed E-state index contributed by atoms with van der Waals surface area (Å²) < 4.78 is 4.66. The highest BCUT2D eigenvalue weighted by Gasteiger charge is 2.78. The van der Waals surface area contributed by atoms with Gasteiger partial charge in [-0.25, -0.2) is 23.5 Å². The van der Waals surface area contributed by atoms with E-state index < -0.39 is 0 Å². The molecule has 6 atom stereocenters. The lowest BCUT2D eigenvalue weighted by Gasteiger charge is -2.75. The minimum Gasteiger partial charge on any atom is -0.246 e. The van der Waals surface area contributed by atoms with Crippen molar-refractivity contribution >= 4 is 0 Å². The highest BCUT2D eigenvalue weighted by molar-refractivity contribution is 5.36. The van der Waals surface area contributed by atoms with Gasteiger partial charge >= 0.3 is 11.4 Å². The summed E-state index contributed by atoms with van der Waals surface area (Å²) in [6, 6.07) is 0.332. The molecule has 114 valence electrons. The number of hydrogen-bond acceptors (Lipinski definition) is 4. The highest BCUT2D eigenvalue weighted by Crippen LogP contribution is 2.78. The Kier molecular flexibility index (Phi) is 1.62. The topological polar surface area (TPSA) is 73.7 Å². The molecule has 0 saturated heterocycles. The molecule has 2 saturated carbocycles. The summed E-state index contributed by atoms with van der Waals surface area (Å²) in [6.07, 6.45) is 8.62. The van der Waals surface area contributed by atoms with E-state index in [0.717, 1.165) is 25.7 Å². The zero-order valence-corrected chi connectivity index (χ0v) is 12.3. The third kappa shape index (κ3) is 0.802. The SMILES string of the molecule is Cn1c(=O)n2n(c1=O)[C@@H]1C=CC2[C@]23CCC12C1CC[C@@H]3N=N1. The van der Waals surface area contributed by atoms with Gasteiger partial charge in [0.25, 0.3) is 0 Å². The second kappa shape index (κ2) is 3.07. The van der Waals surface area contributed by atoms with Crippen molar-refractivity contribution in [2.75, 3.05) is 0 Å². The largest absolute Gasteiger partial charge is 0.347 e. The van der Waals surface area contributed by atoms with Crippen LogP contribution in [0, 0.1) is 10.8 Å². The first kappa shape index (κ1) is 11.6. The molecular weight excluding hydrogens is 282 g/mol.